The van der Waals surface area contributed by atoms with Gasteiger partial charge in [0.1, 0.15) is 41.2 Å². The highest BCUT2D eigenvalue weighted by Gasteiger charge is 2.53. The van der Waals surface area contributed by atoms with Crippen LogP contribution < -0.4 is 14.8 Å². The summed E-state index contributed by atoms with van der Waals surface area (Å²) in [6.07, 6.45) is -6.02. The van der Waals surface area contributed by atoms with Crippen molar-refractivity contribution in [3.8, 4) is 23.0 Å². The molecule has 1 aliphatic rings. The summed E-state index contributed by atoms with van der Waals surface area (Å²) in [5, 5.41) is 22.6. The largest absolute Gasteiger partial charge is 0.508 e. The number of aromatic hydroxyl groups is 1. The maximum absolute atomic E-state index is 12.5. The quantitative estimate of drug-likeness (QED) is 0.123. The predicted molar refractivity (Wildman–Crippen MR) is 204 cm³/mol. The van der Waals surface area contributed by atoms with Crippen molar-refractivity contribution in [1.29, 1.82) is 0 Å². The Balaban J connectivity index is 1.71. The number of benzene rings is 3. The van der Waals surface area contributed by atoms with Crippen LogP contribution >= 0.6 is 0 Å². The van der Waals surface area contributed by atoms with Gasteiger partial charge in [-0.15, -0.1) is 0 Å². The molecule has 16 nitrogen and oxygen atoms in total. The van der Waals surface area contributed by atoms with Gasteiger partial charge in [0.15, 0.2) is 12.2 Å². The Morgan fingerprint density at radius 3 is 2.05 bits per heavy atom. The van der Waals surface area contributed by atoms with Crippen LogP contribution in [-0.4, -0.2) is 88.8 Å². The molecule has 0 spiro atoms. The van der Waals surface area contributed by atoms with Crippen LogP contribution in [0.1, 0.15) is 76.6 Å². The highest BCUT2D eigenvalue weighted by Crippen LogP contribution is 2.38. The second-order valence-corrected chi connectivity index (χ2v) is 14.3. The fourth-order valence-electron chi connectivity index (χ4n) is 6.23. The predicted octanol–water partition coefficient (Wildman–Crippen LogP) is 4.85. The lowest BCUT2D eigenvalue weighted by Gasteiger charge is -2.44. The number of carboxylic acids is 1. The number of ether oxygens (including phenoxy) is 7. The normalized spacial score (nSPS) is 18.9. The number of carboxylic acid groups (broad SMARTS) is 1. The summed E-state index contributed by atoms with van der Waals surface area (Å²) < 4.78 is 40.7. The summed E-state index contributed by atoms with van der Waals surface area (Å²) in [6, 6.07) is 17.5. The number of para-hydroxylation sites is 1. The van der Waals surface area contributed by atoms with Crippen molar-refractivity contribution in [2.24, 2.45) is 0 Å². The van der Waals surface area contributed by atoms with Crippen molar-refractivity contribution in [1.82, 2.24) is 5.32 Å². The molecule has 0 saturated carbocycles. The van der Waals surface area contributed by atoms with Gasteiger partial charge in [-0.1, -0.05) is 30.3 Å². The van der Waals surface area contributed by atoms with Crippen molar-refractivity contribution in [3.05, 3.63) is 82.9 Å². The number of nitrogens with one attached hydrogen (secondary N) is 1. The number of esters is 4. The Hall–Kier alpha value is -6.16. The summed E-state index contributed by atoms with van der Waals surface area (Å²) in [7, 11) is 0. The molecule has 1 amide bonds. The molecule has 0 aromatic heterocycles. The molecule has 3 aromatic rings. The minimum atomic E-state index is -1.55. The smallest absolute Gasteiger partial charge is 0.328 e. The molecule has 3 N–H and O–H groups in total. The van der Waals surface area contributed by atoms with Crippen LogP contribution in [0.5, 0.6) is 23.0 Å². The first-order chi connectivity index (χ1) is 27.3. The molecule has 4 rings (SSSR count). The van der Waals surface area contributed by atoms with Crippen LogP contribution in [0.2, 0.25) is 0 Å². The number of phenolic OH excluding ortho intramolecular Hbond substituents is 1. The Kier molecular flexibility index (Phi) is 15.2. The molecule has 0 aliphatic carbocycles. The van der Waals surface area contributed by atoms with Crippen LogP contribution in [0.3, 0.4) is 0 Å². The van der Waals surface area contributed by atoms with Gasteiger partial charge < -0.3 is 48.7 Å². The molecule has 312 valence electrons. The number of aliphatic carboxylic acids is 1. The van der Waals surface area contributed by atoms with Gasteiger partial charge in [-0.05, 0) is 74.6 Å². The number of hydrogen-bond donors (Lipinski definition) is 3. The number of amides is 1. The zero-order valence-corrected chi connectivity index (χ0v) is 33.4. The maximum Gasteiger partial charge on any atom is 0.328 e. The lowest BCUT2D eigenvalue weighted by molar-refractivity contribution is -0.288. The molecule has 16 heteroatoms. The molecular formula is C42H49NO15. The average molecular weight is 808 g/mol. The van der Waals surface area contributed by atoms with Crippen molar-refractivity contribution >= 4 is 35.8 Å². The van der Waals surface area contributed by atoms with E-state index in [9.17, 15) is 39.0 Å². The molecule has 1 fully saturated rings. The Morgan fingerprint density at radius 1 is 0.793 bits per heavy atom. The second kappa shape index (κ2) is 19.8. The second-order valence-electron chi connectivity index (χ2n) is 14.3. The first kappa shape index (κ1) is 44.6. The minimum Gasteiger partial charge on any atom is -0.508 e. The van der Waals surface area contributed by atoms with E-state index in [0.29, 0.717) is 41.0 Å². The first-order valence-corrected chi connectivity index (χ1v) is 18.5. The van der Waals surface area contributed by atoms with Crippen LogP contribution in [0.4, 0.5) is 0 Å². The summed E-state index contributed by atoms with van der Waals surface area (Å²) in [5.74, 6) is -3.67. The van der Waals surface area contributed by atoms with E-state index in [2.05, 4.69) is 5.32 Å². The van der Waals surface area contributed by atoms with E-state index in [1.54, 1.807) is 19.1 Å². The van der Waals surface area contributed by atoms with Crippen LogP contribution in [-0.2, 0) is 65.3 Å². The van der Waals surface area contributed by atoms with Gasteiger partial charge in [0, 0.05) is 52.2 Å². The lowest BCUT2D eigenvalue weighted by Crippen LogP contribution is -2.63. The van der Waals surface area contributed by atoms with Crippen molar-refractivity contribution in [2.75, 3.05) is 6.61 Å². The summed E-state index contributed by atoms with van der Waals surface area (Å²) in [6.45, 7) is 8.62. The van der Waals surface area contributed by atoms with E-state index in [1.807, 2.05) is 36.4 Å². The number of carbonyl (C=O) groups is 6. The van der Waals surface area contributed by atoms with Gasteiger partial charge in [0.2, 0.25) is 18.3 Å². The third-order valence-corrected chi connectivity index (χ3v) is 8.93. The Bertz CT molecular complexity index is 1980. The van der Waals surface area contributed by atoms with Gasteiger partial charge >= 0.3 is 29.8 Å². The highest BCUT2D eigenvalue weighted by atomic mass is 16.7. The Labute approximate surface area is 335 Å². The molecule has 1 heterocycles. The minimum absolute atomic E-state index is 0.0865. The van der Waals surface area contributed by atoms with Crippen molar-refractivity contribution in [3.63, 3.8) is 0 Å². The molecule has 0 bridgehead atoms. The summed E-state index contributed by atoms with van der Waals surface area (Å²) >= 11 is 0. The average Bonchev–Trinajstić information content (AvgIpc) is 3.11. The third kappa shape index (κ3) is 12.7. The number of hydrogen-bond acceptors (Lipinski definition) is 14. The van der Waals surface area contributed by atoms with Gasteiger partial charge in [0.05, 0.1) is 0 Å². The van der Waals surface area contributed by atoms with Gasteiger partial charge in [-0.25, -0.2) is 4.79 Å². The molecule has 0 unspecified atom stereocenters. The number of aryl methyl sites for hydroxylation is 2. The van der Waals surface area contributed by atoms with E-state index in [-0.39, 0.29) is 24.3 Å². The molecular weight excluding hydrogens is 758 g/mol. The zero-order chi connectivity index (χ0) is 42.7. The monoisotopic (exact) mass is 807 g/mol. The fourth-order valence-corrected chi connectivity index (χ4v) is 6.23. The Morgan fingerprint density at radius 2 is 1.43 bits per heavy atom. The van der Waals surface area contributed by atoms with E-state index in [1.165, 1.54) is 26.0 Å². The highest BCUT2D eigenvalue weighted by molar-refractivity contribution is 5.86. The topological polar surface area (TPSA) is 220 Å². The lowest BCUT2D eigenvalue weighted by atomic mass is 9.96. The van der Waals surface area contributed by atoms with Crippen molar-refractivity contribution < 1.29 is 72.1 Å². The van der Waals surface area contributed by atoms with Crippen LogP contribution in [0.25, 0.3) is 0 Å². The number of carbonyl (C=O) groups excluding carboxylic acids is 5. The van der Waals surface area contributed by atoms with E-state index in [4.69, 9.17) is 33.2 Å². The fraction of sp³-hybridized carbons (Fsp3) is 0.429. The molecule has 1 saturated heterocycles. The molecule has 0 radical (unpaired) electrons. The molecule has 1 aliphatic heterocycles. The maximum atomic E-state index is 12.5. The molecule has 3 aromatic carbocycles. The summed E-state index contributed by atoms with van der Waals surface area (Å²) in [4.78, 5) is 72.7. The van der Waals surface area contributed by atoms with Gasteiger partial charge in [-0.2, -0.15) is 0 Å². The first-order valence-electron chi connectivity index (χ1n) is 18.5. The number of rotatable bonds is 17. The summed E-state index contributed by atoms with van der Waals surface area (Å²) in [5.41, 5.74) is 1.27. The van der Waals surface area contributed by atoms with E-state index in [0.717, 1.165) is 33.3 Å². The van der Waals surface area contributed by atoms with Crippen LogP contribution in [0.15, 0.2) is 60.7 Å². The number of phenols is 1. The van der Waals surface area contributed by atoms with E-state index < -0.39 is 78.6 Å². The third-order valence-electron chi connectivity index (χ3n) is 8.93. The van der Waals surface area contributed by atoms with Crippen molar-refractivity contribution in [2.45, 2.75) is 110 Å². The van der Waals surface area contributed by atoms with Gasteiger partial charge in [-0.3, -0.25) is 24.0 Å². The van der Waals surface area contributed by atoms with E-state index >= 15 is 0 Å². The van der Waals surface area contributed by atoms with Crippen LogP contribution in [0, 0.1) is 6.92 Å². The van der Waals surface area contributed by atoms with Gasteiger partial charge in [0.25, 0.3) is 0 Å². The molecule has 58 heavy (non-hydrogen) atoms. The molecule has 5 atom stereocenters. The SMILES string of the molecule is CC(=O)OC[C@H]1O[C@@H](Oc2cc(O)cc(C)c2Cc2ccc(CCCC(=O)NC(C)(C)C(=O)O)cc2Oc2ccccc2)[C@H](OC(C)=O)[C@@H](OC(C)=O)[C@@H]1OC(C)=O. The standard InChI is InChI=1S/C42H49NO15/c1-23-18-30(48)21-34(57-40-39(55-27(5)47)38(54-26(4)46)37(53-25(3)45)35(58-40)22-52-24(2)44)32(23)20-29-17-16-28(19-33(29)56-31-13-9-8-10-14-31)12-11-15-36(49)43-42(6,7)41(50)51/h8-10,13-14,16-19,21,35,37-40,48H,11-12,15,20,22H2,1-7H3,(H,43,49)(H,50,51)/t35-,37-,38+,39-,40-/m1/s1. The zero-order valence-electron chi connectivity index (χ0n) is 33.4.